The summed E-state index contributed by atoms with van der Waals surface area (Å²) in [7, 11) is 0. The van der Waals surface area contributed by atoms with Crippen molar-refractivity contribution >= 4 is 11.9 Å². The Balaban J connectivity index is 1.57. The lowest BCUT2D eigenvalue weighted by molar-refractivity contribution is 0.104. The van der Waals surface area contributed by atoms with E-state index in [-0.39, 0.29) is 5.78 Å². The van der Waals surface area contributed by atoms with Crippen LogP contribution in [0.4, 0.5) is 0 Å². The first-order valence-electron chi connectivity index (χ1n) is 8.14. The van der Waals surface area contributed by atoms with Gasteiger partial charge in [0.15, 0.2) is 5.78 Å². The molecular formula is C21H15N3O2. The number of furan rings is 1. The number of nitrogens with zero attached hydrogens (tertiary/aromatic N) is 3. The zero-order chi connectivity index (χ0) is 17.8. The summed E-state index contributed by atoms with van der Waals surface area (Å²) in [5, 5.41) is 8.18. The van der Waals surface area contributed by atoms with Crippen LogP contribution in [0.3, 0.4) is 0 Å². The van der Waals surface area contributed by atoms with Crippen LogP contribution < -0.4 is 0 Å². The summed E-state index contributed by atoms with van der Waals surface area (Å²) in [6.45, 7) is 0. The highest BCUT2D eigenvalue weighted by Gasteiger charge is 2.09. The molecule has 0 atom stereocenters. The van der Waals surface area contributed by atoms with E-state index in [1.54, 1.807) is 47.5 Å². The molecule has 0 bridgehead atoms. The van der Waals surface area contributed by atoms with Crippen molar-refractivity contribution in [2.24, 2.45) is 0 Å². The van der Waals surface area contributed by atoms with Crippen LogP contribution in [0, 0.1) is 0 Å². The molecule has 0 spiro atoms. The van der Waals surface area contributed by atoms with Gasteiger partial charge in [0.05, 0.1) is 23.8 Å². The first-order valence-corrected chi connectivity index (χ1v) is 8.14. The predicted octanol–water partition coefficient (Wildman–Crippen LogP) is 4.42. The lowest BCUT2D eigenvalue weighted by Crippen LogP contribution is -2.01. The monoisotopic (exact) mass is 341 g/mol. The third-order valence-electron chi connectivity index (χ3n) is 3.96. The number of rotatable bonds is 5. The fourth-order valence-corrected chi connectivity index (χ4v) is 2.64. The molecule has 4 rings (SSSR count). The van der Waals surface area contributed by atoms with Gasteiger partial charge in [0.25, 0.3) is 0 Å². The zero-order valence-corrected chi connectivity index (χ0v) is 13.8. The number of hydrogen-bond donors (Lipinski definition) is 0. The maximum absolute atomic E-state index is 12.3. The smallest absolute Gasteiger partial charge is 0.185 e. The van der Waals surface area contributed by atoms with Gasteiger partial charge in [-0.2, -0.15) is 0 Å². The third kappa shape index (κ3) is 3.23. The Hall–Kier alpha value is -3.73. The SMILES string of the molecule is O=C(/C=C/c1ccco1)c1ccc(-n2nncc2-c2ccccc2)cc1. The Labute approximate surface area is 150 Å². The predicted molar refractivity (Wildman–Crippen MR) is 98.9 cm³/mol. The molecule has 0 radical (unpaired) electrons. The first kappa shape index (κ1) is 15.8. The fourth-order valence-electron chi connectivity index (χ4n) is 2.64. The highest BCUT2D eigenvalue weighted by Crippen LogP contribution is 2.21. The Kier molecular flexibility index (Phi) is 4.26. The van der Waals surface area contributed by atoms with Crippen LogP contribution in [0.15, 0.2) is 89.7 Å². The van der Waals surface area contributed by atoms with Gasteiger partial charge >= 0.3 is 0 Å². The van der Waals surface area contributed by atoms with Crippen molar-refractivity contribution in [2.75, 3.05) is 0 Å². The topological polar surface area (TPSA) is 60.9 Å². The summed E-state index contributed by atoms with van der Waals surface area (Å²) in [5.41, 5.74) is 3.35. The van der Waals surface area contributed by atoms with Gasteiger partial charge < -0.3 is 4.42 Å². The number of hydrogen-bond acceptors (Lipinski definition) is 4. The quantitative estimate of drug-likeness (QED) is 0.398. The Morgan fingerprint density at radius 3 is 2.50 bits per heavy atom. The molecule has 5 heteroatoms. The first-order chi connectivity index (χ1) is 12.8. The van der Waals surface area contributed by atoms with Crippen molar-refractivity contribution in [3.05, 3.63) is 96.6 Å². The summed E-state index contributed by atoms with van der Waals surface area (Å²) in [4.78, 5) is 12.3. The molecule has 2 aromatic carbocycles. The summed E-state index contributed by atoms with van der Waals surface area (Å²) in [5.74, 6) is 0.555. The normalized spacial score (nSPS) is 11.1. The van der Waals surface area contributed by atoms with Crippen molar-refractivity contribution in [2.45, 2.75) is 0 Å². The minimum Gasteiger partial charge on any atom is -0.465 e. The highest BCUT2D eigenvalue weighted by atomic mass is 16.3. The summed E-state index contributed by atoms with van der Waals surface area (Å²) >= 11 is 0. The van der Waals surface area contributed by atoms with Gasteiger partial charge in [-0.3, -0.25) is 4.79 Å². The van der Waals surface area contributed by atoms with Crippen molar-refractivity contribution in [3.8, 4) is 16.9 Å². The minimum atomic E-state index is -0.0881. The number of allylic oxidation sites excluding steroid dienone is 1. The van der Waals surface area contributed by atoms with Crippen LogP contribution in [-0.2, 0) is 0 Å². The average molecular weight is 341 g/mol. The molecule has 0 unspecified atom stereocenters. The molecule has 0 N–H and O–H groups in total. The van der Waals surface area contributed by atoms with E-state index in [1.807, 2.05) is 42.5 Å². The van der Waals surface area contributed by atoms with Crippen LogP contribution in [-0.4, -0.2) is 20.8 Å². The van der Waals surface area contributed by atoms with Crippen LogP contribution in [0.2, 0.25) is 0 Å². The second-order valence-electron chi connectivity index (χ2n) is 5.66. The number of benzene rings is 2. The largest absolute Gasteiger partial charge is 0.465 e. The molecule has 0 aliphatic rings. The van der Waals surface area contributed by atoms with E-state index in [0.717, 1.165) is 16.9 Å². The number of ketones is 1. The average Bonchev–Trinajstić information content (AvgIpc) is 3.39. The summed E-state index contributed by atoms with van der Waals surface area (Å²) in [6, 6.07) is 20.8. The van der Waals surface area contributed by atoms with Gasteiger partial charge in [0.1, 0.15) is 5.76 Å². The third-order valence-corrected chi connectivity index (χ3v) is 3.96. The lowest BCUT2D eigenvalue weighted by atomic mass is 10.1. The van der Waals surface area contributed by atoms with Crippen molar-refractivity contribution in [1.82, 2.24) is 15.0 Å². The second-order valence-corrected chi connectivity index (χ2v) is 5.66. The molecule has 0 saturated carbocycles. The molecule has 26 heavy (non-hydrogen) atoms. The molecule has 0 saturated heterocycles. The van der Waals surface area contributed by atoms with Crippen molar-refractivity contribution in [3.63, 3.8) is 0 Å². The van der Waals surface area contributed by atoms with E-state index < -0.39 is 0 Å². The maximum atomic E-state index is 12.3. The van der Waals surface area contributed by atoms with Gasteiger partial charge in [-0.1, -0.05) is 35.5 Å². The molecule has 0 amide bonds. The maximum Gasteiger partial charge on any atom is 0.185 e. The van der Waals surface area contributed by atoms with E-state index in [0.29, 0.717) is 11.3 Å². The number of carbonyl (C=O) groups is 1. The van der Waals surface area contributed by atoms with E-state index in [2.05, 4.69) is 10.3 Å². The number of carbonyl (C=O) groups excluding carboxylic acids is 1. The Bertz CT molecular complexity index is 1030. The molecule has 126 valence electrons. The van der Waals surface area contributed by atoms with Crippen molar-refractivity contribution < 1.29 is 9.21 Å². The minimum absolute atomic E-state index is 0.0881. The van der Waals surface area contributed by atoms with E-state index in [9.17, 15) is 4.79 Å². The number of aromatic nitrogens is 3. The lowest BCUT2D eigenvalue weighted by Gasteiger charge is -2.06. The molecule has 0 aliphatic carbocycles. The van der Waals surface area contributed by atoms with Gasteiger partial charge in [-0.15, -0.1) is 5.10 Å². The van der Waals surface area contributed by atoms with E-state index in [1.165, 1.54) is 6.08 Å². The van der Waals surface area contributed by atoms with Gasteiger partial charge in [-0.05, 0) is 48.6 Å². The molecule has 4 aromatic rings. The summed E-state index contributed by atoms with van der Waals surface area (Å²) in [6.07, 6.45) is 6.45. The van der Waals surface area contributed by atoms with Gasteiger partial charge in [0, 0.05) is 11.1 Å². The molecule has 5 nitrogen and oxygen atoms in total. The Morgan fingerprint density at radius 1 is 0.962 bits per heavy atom. The molecule has 0 fully saturated rings. The van der Waals surface area contributed by atoms with Gasteiger partial charge in [-0.25, -0.2) is 4.68 Å². The molecule has 2 aromatic heterocycles. The van der Waals surface area contributed by atoms with E-state index in [4.69, 9.17) is 4.42 Å². The standard InChI is InChI=1S/C21H15N3O2/c25-21(13-12-19-7-4-14-26-19)17-8-10-18(11-9-17)24-20(15-22-23-24)16-5-2-1-3-6-16/h1-15H/b13-12+. The van der Waals surface area contributed by atoms with Crippen LogP contribution in [0.1, 0.15) is 16.1 Å². The second kappa shape index (κ2) is 7.03. The van der Waals surface area contributed by atoms with Crippen LogP contribution in [0.5, 0.6) is 0 Å². The van der Waals surface area contributed by atoms with Crippen LogP contribution >= 0.6 is 0 Å². The molecule has 0 aliphatic heterocycles. The fraction of sp³-hybridized carbons (Fsp3) is 0. The summed E-state index contributed by atoms with van der Waals surface area (Å²) < 4.78 is 6.94. The molecular weight excluding hydrogens is 326 g/mol. The van der Waals surface area contributed by atoms with Gasteiger partial charge in [0.2, 0.25) is 0 Å². The van der Waals surface area contributed by atoms with Crippen molar-refractivity contribution in [1.29, 1.82) is 0 Å². The highest BCUT2D eigenvalue weighted by molar-refractivity contribution is 6.06. The van der Waals surface area contributed by atoms with E-state index >= 15 is 0 Å². The zero-order valence-electron chi connectivity index (χ0n) is 13.8. The molecule has 2 heterocycles. The Morgan fingerprint density at radius 2 is 1.77 bits per heavy atom. The van der Waals surface area contributed by atoms with Crippen LogP contribution in [0.25, 0.3) is 23.0 Å².